The van der Waals surface area contributed by atoms with Crippen LogP contribution in [0, 0.1) is 0 Å². The molecule has 2 aliphatic heterocycles. The Bertz CT molecular complexity index is 444. The van der Waals surface area contributed by atoms with Crippen LogP contribution in [0.25, 0.3) is 0 Å². The number of hydrogen-bond donors (Lipinski definition) is 2. The number of anilines is 1. The maximum absolute atomic E-state index is 11.9. The van der Waals surface area contributed by atoms with Crippen LogP contribution in [-0.2, 0) is 11.2 Å². The molecule has 0 saturated carbocycles. The predicted molar refractivity (Wildman–Crippen MR) is 68.5 cm³/mol. The van der Waals surface area contributed by atoms with Crippen LogP contribution in [0.15, 0.2) is 18.2 Å². The minimum absolute atomic E-state index is 0.0499. The topological polar surface area (TPSA) is 50.4 Å². The fraction of sp³-hybridized carbons (Fsp3) is 0.417. The lowest BCUT2D eigenvalue weighted by Crippen LogP contribution is -2.37. The molecule has 1 saturated heterocycles. The van der Waals surface area contributed by atoms with Gasteiger partial charge < -0.3 is 10.1 Å². The molecule has 0 bridgehead atoms. The average Bonchev–Trinajstić information content (AvgIpc) is 2.99. The molecule has 5 heteroatoms. The van der Waals surface area contributed by atoms with Crippen molar-refractivity contribution in [2.75, 3.05) is 23.6 Å². The van der Waals surface area contributed by atoms with Gasteiger partial charge in [0.15, 0.2) is 0 Å². The van der Waals surface area contributed by atoms with Crippen molar-refractivity contribution in [2.24, 2.45) is 0 Å². The van der Waals surface area contributed by atoms with E-state index in [2.05, 4.69) is 10.6 Å². The molecule has 0 aromatic heterocycles. The van der Waals surface area contributed by atoms with Gasteiger partial charge in [-0.25, -0.2) is 0 Å². The van der Waals surface area contributed by atoms with Crippen molar-refractivity contribution in [3.8, 4) is 5.75 Å². The number of amides is 1. The lowest BCUT2D eigenvalue weighted by Gasteiger charge is -2.11. The van der Waals surface area contributed by atoms with Gasteiger partial charge in [-0.05, 0) is 23.8 Å². The van der Waals surface area contributed by atoms with E-state index in [-0.39, 0.29) is 11.9 Å². The summed E-state index contributed by atoms with van der Waals surface area (Å²) in [6.07, 6.45) is 0.927. The molecule has 1 aromatic carbocycles. The van der Waals surface area contributed by atoms with Gasteiger partial charge in [-0.15, -0.1) is 11.8 Å². The second-order valence-electron chi connectivity index (χ2n) is 4.18. The minimum atomic E-state index is -0.0653. The Morgan fingerprint density at radius 2 is 2.47 bits per heavy atom. The number of ether oxygens (including phenoxy) is 1. The van der Waals surface area contributed by atoms with E-state index in [4.69, 9.17) is 4.74 Å². The monoisotopic (exact) mass is 250 g/mol. The third-order valence-electron chi connectivity index (χ3n) is 2.99. The number of rotatable bonds is 2. The highest BCUT2D eigenvalue weighted by atomic mass is 32.2. The van der Waals surface area contributed by atoms with Crippen LogP contribution in [0.2, 0.25) is 0 Å². The van der Waals surface area contributed by atoms with E-state index in [9.17, 15) is 4.79 Å². The summed E-state index contributed by atoms with van der Waals surface area (Å²) < 4.78 is 5.43. The maximum Gasteiger partial charge on any atom is 0.242 e. The van der Waals surface area contributed by atoms with Crippen molar-refractivity contribution in [1.29, 1.82) is 0 Å². The number of nitrogens with one attached hydrogen (secondary N) is 2. The third-order valence-corrected chi connectivity index (χ3v) is 3.93. The number of fused-ring (bicyclic) bond motifs is 1. The summed E-state index contributed by atoms with van der Waals surface area (Å²) in [5, 5.41) is 6.10. The Morgan fingerprint density at radius 3 is 3.29 bits per heavy atom. The number of thioether (sulfide) groups is 1. The molecule has 0 radical (unpaired) electrons. The lowest BCUT2D eigenvalue weighted by molar-refractivity contribution is -0.117. The van der Waals surface area contributed by atoms with Crippen LogP contribution >= 0.6 is 11.8 Å². The number of hydrogen-bond acceptors (Lipinski definition) is 4. The molecular formula is C12H14N2O2S. The Balaban J connectivity index is 1.70. The van der Waals surface area contributed by atoms with Crippen molar-refractivity contribution >= 4 is 23.4 Å². The normalized spacial score (nSPS) is 22.0. The zero-order valence-corrected chi connectivity index (χ0v) is 10.2. The van der Waals surface area contributed by atoms with E-state index in [1.807, 2.05) is 18.2 Å². The number of carbonyl (C=O) groups excluding carboxylic acids is 1. The van der Waals surface area contributed by atoms with Gasteiger partial charge in [0.1, 0.15) is 5.75 Å². The summed E-state index contributed by atoms with van der Waals surface area (Å²) in [6, 6.07) is 5.76. The van der Waals surface area contributed by atoms with Crippen molar-refractivity contribution in [3.05, 3.63) is 23.8 Å². The predicted octanol–water partition coefficient (Wildman–Crippen LogP) is 1.22. The van der Waals surface area contributed by atoms with E-state index in [0.717, 1.165) is 36.1 Å². The second-order valence-corrected chi connectivity index (χ2v) is 5.21. The molecule has 2 heterocycles. The number of carbonyl (C=O) groups is 1. The van der Waals surface area contributed by atoms with E-state index in [1.165, 1.54) is 5.56 Å². The SMILES string of the molecule is O=C(Nc1ccc2c(c1)CCO2)C1CSCN1. The minimum Gasteiger partial charge on any atom is -0.493 e. The van der Waals surface area contributed by atoms with E-state index in [0.29, 0.717) is 0 Å². The average molecular weight is 250 g/mol. The standard InChI is InChI=1S/C12H14N2O2S/c15-12(10-6-17-7-13-10)14-9-1-2-11-8(5-9)3-4-16-11/h1-2,5,10,13H,3-4,6-7H2,(H,14,15). The summed E-state index contributed by atoms with van der Waals surface area (Å²) in [7, 11) is 0. The van der Waals surface area contributed by atoms with Crippen molar-refractivity contribution < 1.29 is 9.53 Å². The fourth-order valence-corrected chi connectivity index (χ4v) is 3.00. The Labute approximate surface area is 104 Å². The summed E-state index contributed by atoms with van der Waals surface area (Å²) in [5.41, 5.74) is 2.04. The van der Waals surface area contributed by atoms with Crippen LogP contribution in [0.3, 0.4) is 0 Å². The van der Waals surface area contributed by atoms with Gasteiger partial charge in [0.25, 0.3) is 0 Å². The Kier molecular flexibility index (Phi) is 2.94. The fourth-order valence-electron chi connectivity index (χ4n) is 2.06. The quantitative estimate of drug-likeness (QED) is 0.828. The van der Waals surface area contributed by atoms with Crippen LogP contribution in [0.4, 0.5) is 5.69 Å². The molecule has 90 valence electrons. The molecule has 1 aromatic rings. The van der Waals surface area contributed by atoms with Crippen molar-refractivity contribution in [3.63, 3.8) is 0 Å². The van der Waals surface area contributed by atoms with Crippen LogP contribution in [0.1, 0.15) is 5.56 Å². The summed E-state index contributed by atoms with van der Waals surface area (Å²) >= 11 is 1.75. The molecule has 1 unspecified atom stereocenters. The van der Waals surface area contributed by atoms with Gasteiger partial charge in [-0.3, -0.25) is 10.1 Å². The van der Waals surface area contributed by atoms with Crippen LogP contribution < -0.4 is 15.4 Å². The maximum atomic E-state index is 11.9. The molecule has 1 fully saturated rings. The Hall–Kier alpha value is -1.20. The van der Waals surface area contributed by atoms with E-state index < -0.39 is 0 Å². The molecule has 2 aliphatic rings. The highest BCUT2D eigenvalue weighted by Gasteiger charge is 2.22. The van der Waals surface area contributed by atoms with Gasteiger partial charge in [0.2, 0.25) is 5.91 Å². The Morgan fingerprint density at radius 1 is 1.53 bits per heavy atom. The van der Waals surface area contributed by atoms with Gasteiger partial charge in [0.05, 0.1) is 12.6 Å². The van der Waals surface area contributed by atoms with E-state index >= 15 is 0 Å². The summed E-state index contributed by atoms with van der Waals surface area (Å²) in [4.78, 5) is 11.9. The first-order valence-corrected chi connectivity index (χ1v) is 6.86. The largest absolute Gasteiger partial charge is 0.493 e. The van der Waals surface area contributed by atoms with E-state index in [1.54, 1.807) is 11.8 Å². The lowest BCUT2D eigenvalue weighted by atomic mass is 10.1. The van der Waals surface area contributed by atoms with Gasteiger partial charge in [-0.2, -0.15) is 0 Å². The number of benzene rings is 1. The molecule has 2 N–H and O–H groups in total. The van der Waals surface area contributed by atoms with Crippen molar-refractivity contribution in [2.45, 2.75) is 12.5 Å². The first-order valence-electron chi connectivity index (χ1n) is 5.71. The molecule has 17 heavy (non-hydrogen) atoms. The zero-order valence-electron chi connectivity index (χ0n) is 9.36. The first-order chi connectivity index (χ1) is 8.33. The molecule has 0 spiro atoms. The van der Waals surface area contributed by atoms with Crippen LogP contribution in [-0.4, -0.2) is 30.2 Å². The zero-order chi connectivity index (χ0) is 11.7. The molecule has 0 aliphatic carbocycles. The van der Waals surface area contributed by atoms with Gasteiger partial charge in [0, 0.05) is 23.7 Å². The third kappa shape index (κ3) is 2.25. The molecular weight excluding hydrogens is 236 g/mol. The molecule has 3 rings (SSSR count). The second kappa shape index (κ2) is 4.58. The van der Waals surface area contributed by atoms with Crippen LogP contribution in [0.5, 0.6) is 5.75 Å². The molecule has 4 nitrogen and oxygen atoms in total. The highest BCUT2D eigenvalue weighted by Crippen LogP contribution is 2.28. The summed E-state index contributed by atoms with van der Waals surface area (Å²) in [6.45, 7) is 0.744. The molecule has 1 amide bonds. The smallest absolute Gasteiger partial charge is 0.242 e. The highest BCUT2D eigenvalue weighted by molar-refractivity contribution is 7.99. The first kappa shape index (κ1) is 10.9. The molecule has 1 atom stereocenters. The van der Waals surface area contributed by atoms with Gasteiger partial charge >= 0.3 is 0 Å². The van der Waals surface area contributed by atoms with Crippen molar-refractivity contribution in [1.82, 2.24) is 5.32 Å². The van der Waals surface area contributed by atoms with Gasteiger partial charge in [-0.1, -0.05) is 0 Å². The summed E-state index contributed by atoms with van der Waals surface area (Å²) in [5.74, 6) is 2.70.